The molecule has 0 spiro atoms. The Morgan fingerprint density at radius 3 is 2.76 bits per heavy atom. The number of hydrogen-bond acceptors (Lipinski definition) is 4. The maximum atomic E-state index is 12.1. The summed E-state index contributed by atoms with van der Waals surface area (Å²) in [5.41, 5.74) is 0.795. The summed E-state index contributed by atoms with van der Waals surface area (Å²) < 4.78 is 1.00. The maximum Gasteiger partial charge on any atom is 0.275 e. The minimum atomic E-state index is -0.340. The van der Waals surface area contributed by atoms with Crippen molar-refractivity contribution in [3.8, 4) is 0 Å². The van der Waals surface area contributed by atoms with Crippen LogP contribution in [0.15, 0.2) is 30.6 Å². The Bertz CT molecular complexity index is 633. The summed E-state index contributed by atoms with van der Waals surface area (Å²) >= 11 is 8.23. The van der Waals surface area contributed by atoms with Crippen LogP contribution >= 0.6 is 34.2 Å². The lowest BCUT2D eigenvalue weighted by molar-refractivity contribution is 0.102. The van der Waals surface area contributed by atoms with Crippen molar-refractivity contribution >= 4 is 51.6 Å². The average Bonchev–Trinajstić information content (AvgIpc) is 2.48. The van der Waals surface area contributed by atoms with E-state index in [4.69, 9.17) is 11.6 Å². The fourth-order valence-electron chi connectivity index (χ4n) is 1.57. The predicted molar refractivity (Wildman–Crippen MR) is 92.9 cm³/mol. The van der Waals surface area contributed by atoms with Crippen LogP contribution in [-0.2, 0) is 0 Å². The molecule has 1 aromatic carbocycles. The first-order valence-corrected chi connectivity index (χ1v) is 7.88. The van der Waals surface area contributed by atoms with Gasteiger partial charge in [0.15, 0.2) is 0 Å². The Morgan fingerprint density at radius 2 is 2.14 bits per heavy atom. The number of rotatable bonds is 5. The Labute approximate surface area is 141 Å². The van der Waals surface area contributed by atoms with Crippen molar-refractivity contribution in [2.75, 3.05) is 17.2 Å². The number of amides is 1. The first-order chi connectivity index (χ1) is 10.1. The number of carbonyl (C=O) groups excluding carboxylic acids is 1. The third-order valence-electron chi connectivity index (χ3n) is 2.62. The molecule has 1 amide bonds. The zero-order valence-electron chi connectivity index (χ0n) is 11.4. The molecule has 2 N–H and O–H groups in total. The van der Waals surface area contributed by atoms with Crippen molar-refractivity contribution in [2.45, 2.75) is 13.3 Å². The molecule has 110 valence electrons. The highest BCUT2D eigenvalue weighted by molar-refractivity contribution is 14.1. The maximum absolute atomic E-state index is 12.1. The van der Waals surface area contributed by atoms with Crippen LogP contribution in [0, 0.1) is 3.57 Å². The average molecular weight is 417 g/mol. The molecule has 0 radical (unpaired) electrons. The van der Waals surface area contributed by atoms with Crippen LogP contribution in [0.5, 0.6) is 0 Å². The number of halogens is 2. The van der Waals surface area contributed by atoms with E-state index in [0.717, 1.165) is 16.5 Å². The van der Waals surface area contributed by atoms with E-state index in [1.807, 2.05) is 6.07 Å². The Balaban J connectivity index is 2.06. The minimum Gasteiger partial charge on any atom is -0.369 e. The molecule has 0 aliphatic rings. The molecule has 0 atom stereocenters. The smallest absolute Gasteiger partial charge is 0.275 e. The molecular weight excluding hydrogens is 403 g/mol. The van der Waals surface area contributed by atoms with E-state index in [0.29, 0.717) is 16.5 Å². The molecule has 1 heterocycles. The Morgan fingerprint density at radius 1 is 1.33 bits per heavy atom. The van der Waals surface area contributed by atoms with Crippen molar-refractivity contribution in [1.29, 1.82) is 0 Å². The number of nitrogens with one attached hydrogen (secondary N) is 2. The van der Waals surface area contributed by atoms with E-state index >= 15 is 0 Å². The summed E-state index contributed by atoms with van der Waals surface area (Å²) in [5, 5.41) is 6.31. The highest BCUT2D eigenvalue weighted by Crippen LogP contribution is 2.24. The molecule has 5 nitrogen and oxygen atoms in total. The minimum absolute atomic E-state index is 0.242. The quantitative estimate of drug-likeness (QED) is 0.728. The van der Waals surface area contributed by atoms with Crippen molar-refractivity contribution in [1.82, 2.24) is 9.97 Å². The molecule has 0 aliphatic carbocycles. The summed E-state index contributed by atoms with van der Waals surface area (Å²) in [6, 6.07) is 5.40. The molecule has 21 heavy (non-hydrogen) atoms. The fraction of sp³-hybridized carbons (Fsp3) is 0.214. The molecule has 0 saturated heterocycles. The van der Waals surface area contributed by atoms with E-state index in [9.17, 15) is 4.79 Å². The lowest BCUT2D eigenvalue weighted by atomic mass is 10.3. The van der Waals surface area contributed by atoms with E-state index < -0.39 is 0 Å². The third kappa shape index (κ3) is 4.53. The molecule has 1 aromatic heterocycles. The van der Waals surface area contributed by atoms with Gasteiger partial charge in [-0.2, -0.15) is 0 Å². The SMILES string of the molecule is CCCNc1cnc(C(=O)Nc2ccc(I)cc2Cl)cn1. The molecule has 0 saturated carbocycles. The first-order valence-electron chi connectivity index (χ1n) is 6.42. The van der Waals surface area contributed by atoms with E-state index in [1.165, 1.54) is 6.20 Å². The van der Waals surface area contributed by atoms with Crippen LogP contribution in [0.4, 0.5) is 11.5 Å². The van der Waals surface area contributed by atoms with Crippen LogP contribution in [0.25, 0.3) is 0 Å². The molecule has 0 aliphatic heterocycles. The molecule has 0 bridgehead atoms. The van der Waals surface area contributed by atoms with Gasteiger partial charge in [0, 0.05) is 10.1 Å². The third-order valence-corrected chi connectivity index (χ3v) is 3.60. The molecule has 0 unspecified atom stereocenters. The highest BCUT2D eigenvalue weighted by atomic mass is 127. The normalized spacial score (nSPS) is 10.2. The summed E-state index contributed by atoms with van der Waals surface area (Å²) in [7, 11) is 0. The van der Waals surface area contributed by atoms with Gasteiger partial charge in [-0.05, 0) is 47.2 Å². The number of anilines is 2. The molecule has 0 fully saturated rings. The van der Waals surface area contributed by atoms with Crippen LogP contribution in [0.2, 0.25) is 5.02 Å². The van der Waals surface area contributed by atoms with Crippen molar-refractivity contribution < 1.29 is 4.79 Å². The molecule has 2 aromatic rings. The lowest BCUT2D eigenvalue weighted by Gasteiger charge is -2.08. The van der Waals surface area contributed by atoms with Gasteiger partial charge < -0.3 is 10.6 Å². The molecule has 7 heteroatoms. The van der Waals surface area contributed by atoms with Crippen LogP contribution in [-0.4, -0.2) is 22.4 Å². The standard InChI is InChI=1S/C14H14ClIN4O/c1-2-5-17-13-8-18-12(7-19-13)14(21)20-11-4-3-9(16)6-10(11)15/h3-4,6-8H,2,5H2,1H3,(H,17,19)(H,20,21). The van der Waals surface area contributed by atoms with Gasteiger partial charge in [0.05, 0.1) is 23.1 Å². The summed E-state index contributed by atoms with van der Waals surface area (Å²) in [5.74, 6) is 0.313. The second-order valence-corrected chi connectivity index (χ2v) is 5.94. The van der Waals surface area contributed by atoms with Gasteiger partial charge in [0.2, 0.25) is 0 Å². The second-order valence-electron chi connectivity index (χ2n) is 4.29. The van der Waals surface area contributed by atoms with Crippen molar-refractivity contribution in [3.63, 3.8) is 0 Å². The van der Waals surface area contributed by atoms with Crippen LogP contribution in [0.1, 0.15) is 23.8 Å². The van der Waals surface area contributed by atoms with Gasteiger partial charge in [0.25, 0.3) is 5.91 Å². The van der Waals surface area contributed by atoms with Gasteiger partial charge in [-0.25, -0.2) is 9.97 Å². The number of aromatic nitrogens is 2. The topological polar surface area (TPSA) is 66.9 Å². The van der Waals surface area contributed by atoms with E-state index in [1.54, 1.807) is 18.3 Å². The fourth-order valence-corrected chi connectivity index (χ4v) is 2.47. The number of carbonyl (C=O) groups is 1. The largest absolute Gasteiger partial charge is 0.369 e. The van der Waals surface area contributed by atoms with Crippen LogP contribution in [0.3, 0.4) is 0 Å². The van der Waals surface area contributed by atoms with Crippen molar-refractivity contribution in [3.05, 3.63) is 44.9 Å². The van der Waals surface area contributed by atoms with Gasteiger partial charge >= 0.3 is 0 Å². The van der Waals surface area contributed by atoms with Crippen molar-refractivity contribution in [2.24, 2.45) is 0 Å². The summed E-state index contributed by atoms with van der Waals surface area (Å²) in [6.45, 7) is 2.88. The number of nitrogens with zero attached hydrogens (tertiary/aromatic N) is 2. The zero-order chi connectivity index (χ0) is 15.2. The Kier molecular flexibility index (Phi) is 5.75. The second kappa shape index (κ2) is 7.56. The summed E-state index contributed by atoms with van der Waals surface area (Å²) in [4.78, 5) is 20.3. The van der Waals surface area contributed by atoms with Gasteiger partial charge in [0.1, 0.15) is 11.5 Å². The number of benzene rings is 1. The Hall–Kier alpha value is -1.41. The highest BCUT2D eigenvalue weighted by Gasteiger charge is 2.10. The molecular formula is C14H14ClIN4O. The lowest BCUT2D eigenvalue weighted by Crippen LogP contribution is -2.15. The monoisotopic (exact) mass is 416 g/mol. The van der Waals surface area contributed by atoms with Gasteiger partial charge in [-0.3, -0.25) is 4.79 Å². The number of hydrogen-bond donors (Lipinski definition) is 2. The van der Waals surface area contributed by atoms with E-state index in [-0.39, 0.29) is 11.6 Å². The predicted octanol–water partition coefficient (Wildman–Crippen LogP) is 3.81. The molecule has 2 rings (SSSR count). The first kappa shape index (κ1) is 16.0. The van der Waals surface area contributed by atoms with Crippen LogP contribution < -0.4 is 10.6 Å². The summed E-state index contributed by atoms with van der Waals surface area (Å²) in [6.07, 6.45) is 3.98. The van der Waals surface area contributed by atoms with E-state index in [2.05, 4.69) is 50.1 Å². The van der Waals surface area contributed by atoms with Gasteiger partial charge in [-0.1, -0.05) is 18.5 Å². The van der Waals surface area contributed by atoms with Gasteiger partial charge in [-0.15, -0.1) is 0 Å². The zero-order valence-corrected chi connectivity index (χ0v) is 14.3.